The third-order valence-electron chi connectivity index (χ3n) is 6.61. The van der Waals surface area contributed by atoms with E-state index in [9.17, 15) is 5.11 Å². The normalized spacial score (nSPS) is 21.8. The molecule has 8 heteroatoms. The first-order valence-electron chi connectivity index (χ1n) is 11.6. The fraction of sp³-hybridized carbons (Fsp3) is 0.440. The van der Waals surface area contributed by atoms with Crippen LogP contribution in [0.1, 0.15) is 42.5 Å². The maximum atomic E-state index is 10.0. The Morgan fingerprint density at radius 2 is 2.09 bits per heavy atom. The Kier molecular flexibility index (Phi) is 6.05. The number of aryl methyl sites for hydroxylation is 1. The van der Waals surface area contributed by atoms with Crippen LogP contribution in [0, 0.1) is 6.92 Å². The van der Waals surface area contributed by atoms with E-state index in [1.807, 2.05) is 36.7 Å². The number of anilines is 1. The van der Waals surface area contributed by atoms with E-state index in [1.54, 1.807) is 13.4 Å². The van der Waals surface area contributed by atoms with Gasteiger partial charge in [0, 0.05) is 18.7 Å². The van der Waals surface area contributed by atoms with Gasteiger partial charge in [0.05, 0.1) is 38.1 Å². The van der Waals surface area contributed by atoms with E-state index in [4.69, 9.17) is 9.72 Å². The zero-order chi connectivity index (χ0) is 22.9. The number of methoxy groups -OCH3 is 1. The van der Waals surface area contributed by atoms with Gasteiger partial charge in [-0.15, -0.1) is 0 Å². The zero-order valence-electron chi connectivity index (χ0n) is 19.5. The second-order valence-electron chi connectivity index (χ2n) is 8.99. The van der Waals surface area contributed by atoms with Gasteiger partial charge in [-0.1, -0.05) is 24.3 Å². The fourth-order valence-corrected chi connectivity index (χ4v) is 5.17. The van der Waals surface area contributed by atoms with E-state index in [-0.39, 0.29) is 12.3 Å². The number of pyridine rings is 1. The van der Waals surface area contributed by atoms with Crippen LogP contribution in [-0.4, -0.2) is 57.2 Å². The van der Waals surface area contributed by atoms with E-state index in [1.165, 1.54) is 11.1 Å². The zero-order valence-corrected chi connectivity index (χ0v) is 19.5. The summed E-state index contributed by atoms with van der Waals surface area (Å²) in [6, 6.07) is 12.6. The summed E-state index contributed by atoms with van der Waals surface area (Å²) in [5.41, 5.74) is 4.38. The lowest BCUT2D eigenvalue weighted by Crippen LogP contribution is -2.49. The van der Waals surface area contributed by atoms with Gasteiger partial charge in [-0.3, -0.25) is 10.3 Å². The van der Waals surface area contributed by atoms with Crippen LogP contribution in [0.15, 0.2) is 48.9 Å². The molecule has 1 aromatic carbocycles. The molecule has 33 heavy (non-hydrogen) atoms. The third kappa shape index (κ3) is 4.21. The first kappa shape index (κ1) is 21.9. The molecular weight excluding hydrogens is 416 g/mol. The molecule has 0 spiro atoms. The number of hydrogen-bond acceptors (Lipinski definition) is 7. The van der Waals surface area contributed by atoms with Gasteiger partial charge in [0.1, 0.15) is 11.5 Å². The number of aliphatic hydroxyl groups is 1. The van der Waals surface area contributed by atoms with Crippen LogP contribution >= 0.6 is 0 Å². The summed E-state index contributed by atoms with van der Waals surface area (Å²) >= 11 is 0. The van der Waals surface area contributed by atoms with Crippen molar-refractivity contribution in [2.45, 2.75) is 51.3 Å². The van der Waals surface area contributed by atoms with Crippen molar-refractivity contribution in [2.75, 3.05) is 25.3 Å². The largest absolute Gasteiger partial charge is 0.479 e. The molecule has 0 aliphatic carbocycles. The lowest BCUT2D eigenvalue weighted by Gasteiger charge is -2.40. The van der Waals surface area contributed by atoms with Crippen molar-refractivity contribution in [1.82, 2.24) is 24.9 Å². The Labute approximate surface area is 194 Å². The van der Waals surface area contributed by atoms with Crippen LogP contribution in [-0.2, 0) is 6.42 Å². The van der Waals surface area contributed by atoms with E-state index in [2.05, 4.69) is 44.6 Å². The molecule has 3 atom stereocenters. The molecule has 0 radical (unpaired) electrons. The second kappa shape index (κ2) is 9.13. The molecule has 5 rings (SSSR count). The van der Waals surface area contributed by atoms with Gasteiger partial charge < -0.3 is 14.4 Å². The number of fused-ring (bicyclic) bond motifs is 1. The molecule has 2 saturated heterocycles. The molecule has 0 bridgehead atoms. The summed E-state index contributed by atoms with van der Waals surface area (Å²) in [4.78, 5) is 9.16. The van der Waals surface area contributed by atoms with Crippen LogP contribution in [0.5, 0.6) is 5.88 Å². The Hall–Kier alpha value is -2.94. The van der Waals surface area contributed by atoms with Crippen molar-refractivity contribution >= 4 is 5.82 Å². The summed E-state index contributed by atoms with van der Waals surface area (Å²) < 4.78 is 7.58. The highest BCUT2D eigenvalue weighted by atomic mass is 16.5. The lowest BCUT2D eigenvalue weighted by atomic mass is 9.84. The molecule has 174 valence electrons. The molecule has 2 aromatic heterocycles. The molecule has 8 nitrogen and oxygen atoms in total. The van der Waals surface area contributed by atoms with Crippen LogP contribution in [0.4, 0.5) is 5.82 Å². The quantitative estimate of drug-likeness (QED) is 0.600. The van der Waals surface area contributed by atoms with Crippen LogP contribution < -0.4 is 15.1 Å². The van der Waals surface area contributed by atoms with Crippen LogP contribution in [0.25, 0.3) is 5.69 Å². The van der Waals surface area contributed by atoms with Crippen LogP contribution in [0.3, 0.4) is 0 Å². The molecule has 3 aromatic rings. The Bertz CT molecular complexity index is 1110. The van der Waals surface area contributed by atoms with Crippen molar-refractivity contribution in [3.63, 3.8) is 0 Å². The number of hydrogen-bond donors (Lipinski definition) is 2. The summed E-state index contributed by atoms with van der Waals surface area (Å²) in [6.45, 7) is 5.49. The number of hydrazine groups is 1. The maximum absolute atomic E-state index is 10.0. The number of piperidine rings is 1. The van der Waals surface area contributed by atoms with Crippen molar-refractivity contribution in [1.29, 1.82) is 0 Å². The van der Waals surface area contributed by atoms with Crippen molar-refractivity contribution < 1.29 is 9.84 Å². The number of imidazole rings is 1. The number of benzene rings is 1. The topological polar surface area (TPSA) is 78.7 Å². The van der Waals surface area contributed by atoms with Gasteiger partial charge in [0.2, 0.25) is 5.88 Å². The summed E-state index contributed by atoms with van der Waals surface area (Å²) in [5, 5.41) is 18.3. The Balaban J connectivity index is 1.42. The van der Waals surface area contributed by atoms with E-state index in [0.717, 1.165) is 36.6 Å². The third-order valence-corrected chi connectivity index (χ3v) is 6.61. The summed E-state index contributed by atoms with van der Waals surface area (Å²) in [5.74, 6) is 1.79. The molecule has 4 heterocycles. The van der Waals surface area contributed by atoms with Crippen LogP contribution in [0.2, 0.25) is 0 Å². The smallest absolute Gasteiger partial charge is 0.240 e. The average Bonchev–Trinajstić information content (AvgIpc) is 3.45. The van der Waals surface area contributed by atoms with Gasteiger partial charge in [-0.25, -0.2) is 9.99 Å². The van der Waals surface area contributed by atoms with Crippen molar-refractivity contribution in [3.05, 3.63) is 65.7 Å². The number of aromatic nitrogens is 3. The van der Waals surface area contributed by atoms with Gasteiger partial charge in [-0.05, 0) is 56.4 Å². The highest BCUT2D eigenvalue weighted by Gasteiger charge is 2.41. The number of nitrogens with one attached hydrogen (secondary N) is 1. The molecule has 2 aliphatic heterocycles. The highest BCUT2D eigenvalue weighted by molar-refractivity contribution is 5.51. The van der Waals surface area contributed by atoms with Crippen molar-refractivity contribution in [2.24, 2.45) is 0 Å². The maximum Gasteiger partial charge on any atom is 0.240 e. The van der Waals surface area contributed by atoms with Gasteiger partial charge in [0.15, 0.2) is 0 Å². The molecule has 2 aliphatic rings. The number of nitrogens with zero attached hydrogens (tertiary/aromatic N) is 5. The van der Waals surface area contributed by atoms with E-state index < -0.39 is 0 Å². The Morgan fingerprint density at radius 3 is 2.85 bits per heavy atom. The van der Waals surface area contributed by atoms with E-state index in [0.29, 0.717) is 24.9 Å². The molecule has 3 unspecified atom stereocenters. The predicted molar refractivity (Wildman–Crippen MR) is 127 cm³/mol. The predicted octanol–water partition coefficient (Wildman–Crippen LogP) is 3.00. The average molecular weight is 449 g/mol. The van der Waals surface area contributed by atoms with Gasteiger partial charge in [0.25, 0.3) is 0 Å². The summed E-state index contributed by atoms with van der Waals surface area (Å²) in [6.07, 6.45) is 6.48. The molecule has 2 N–H and O–H groups in total. The van der Waals surface area contributed by atoms with Gasteiger partial charge in [-0.2, -0.15) is 4.98 Å². The number of ether oxygens (including phenoxy) is 1. The number of rotatable bonds is 6. The number of aliphatic hydroxyl groups excluding tert-OH is 1. The molecule has 0 saturated carbocycles. The first-order chi connectivity index (χ1) is 16.0. The molecule has 0 amide bonds. The minimum atomic E-state index is -0.353. The SMILES string of the molecule is COc1nc(N2CNC3C(c4ccccc4CC(C)O)CCCN32)ccc1-n1cnc(C)c1. The molecular formula is C25H32N6O2. The van der Waals surface area contributed by atoms with Gasteiger partial charge >= 0.3 is 0 Å². The minimum Gasteiger partial charge on any atom is -0.479 e. The van der Waals surface area contributed by atoms with E-state index >= 15 is 0 Å². The second-order valence-corrected chi connectivity index (χ2v) is 8.99. The monoisotopic (exact) mass is 448 g/mol. The minimum absolute atomic E-state index is 0.192. The highest BCUT2D eigenvalue weighted by Crippen LogP contribution is 2.38. The Morgan fingerprint density at radius 1 is 1.24 bits per heavy atom. The summed E-state index contributed by atoms with van der Waals surface area (Å²) in [7, 11) is 1.65. The van der Waals surface area contributed by atoms with Crippen molar-refractivity contribution in [3.8, 4) is 11.6 Å². The standard InChI is InChI=1S/C25H32N6O2/c1-17-14-29(15-26-17)22-10-11-23(28-25(22)33-3)31-16-27-24-21(9-6-12-30(24)31)20-8-5-4-7-19(20)13-18(2)32/h4-5,7-8,10-11,14-15,18,21,24,27,32H,6,9,12-13,16H2,1-3H3. The fourth-order valence-electron chi connectivity index (χ4n) is 5.17. The lowest BCUT2D eigenvalue weighted by molar-refractivity contribution is 0.144. The first-order valence-corrected chi connectivity index (χ1v) is 11.6. The molecule has 2 fully saturated rings.